The van der Waals surface area contributed by atoms with Gasteiger partial charge < -0.3 is 9.47 Å². The van der Waals surface area contributed by atoms with Crippen LogP contribution in [0.1, 0.15) is 74.6 Å². The number of ether oxygens (including phenoxy) is 2. The van der Waals surface area contributed by atoms with Crippen molar-refractivity contribution in [2.45, 2.75) is 87.2 Å². The summed E-state index contributed by atoms with van der Waals surface area (Å²) in [4.78, 5) is 7.66. The van der Waals surface area contributed by atoms with Gasteiger partial charge in [-0.2, -0.15) is 10.4 Å². The summed E-state index contributed by atoms with van der Waals surface area (Å²) in [5.41, 5.74) is 6.44. The van der Waals surface area contributed by atoms with Crippen LogP contribution >= 0.6 is 0 Å². The van der Waals surface area contributed by atoms with Gasteiger partial charge >= 0.3 is 0 Å². The molecule has 0 N–H and O–H groups in total. The van der Waals surface area contributed by atoms with Gasteiger partial charge in [0.1, 0.15) is 0 Å². The predicted molar refractivity (Wildman–Crippen MR) is 188 cm³/mol. The van der Waals surface area contributed by atoms with E-state index in [1.165, 1.54) is 3.97 Å². The number of rotatable bonds is 6. The van der Waals surface area contributed by atoms with Crippen LogP contribution < -0.4 is 0 Å². The smallest absolute Gasteiger partial charge is 0.269 e. The molecule has 4 aliphatic rings. The quantitative estimate of drug-likeness (QED) is 0.192. The highest BCUT2D eigenvalue weighted by atomic mass is 32.2. The third kappa shape index (κ3) is 4.51. The number of aromatic nitrogens is 4. The molecular weight excluding hydrogens is 649 g/mol. The molecular formula is C39H40N6O4S. The van der Waals surface area contributed by atoms with Crippen LogP contribution in [0.25, 0.3) is 33.4 Å². The maximum absolute atomic E-state index is 14.9. The molecule has 0 atom stereocenters. The van der Waals surface area contributed by atoms with Crippen LogP contribution in [0.3, 0.4) is 0 Å². The molecule has 1 saturated carbocycles. The lowest BCUT2D eigenvalue weighted by molar-refractivity contribution is -0.106. The first-order valence-electron chi connectivity index (χ1n) is 17.5. The van der Waals surface area contributed by atoms with Gasteiger partial charge in [-0.3, -0.25) is 9.58 Å². The lowest BCUT2D eigenvalue weighted by Crippen LogP contribution is -2.58. The number of benzene rings is 2. The normalized spacial score (nSPS) is 20.4. The Morgan fingerprint density at radius 2 is 1.70 bits per heavy atom. The summed E-state index contributed by atoms with van der Waals surface area (Å²) in [5, 5.41) is 15.0. The van der Waals surface area contributed by atoms with Crippen LogP contribution in [0.15, 0.2) is 72.0 Å². The Kier molecular flexibility index (Phi) is 7.01. The Bertz CT molecular complexity index is 2320. The average molecular weight is 689 g/mol. The zero-order valence-electron chi connectivity index (χ0n) is 28.6. The Morgan fingerprint density at radius 1 is 0.940 bits per heavy atom. The van der Waals surface area contributed by atoms with Crippen molar-refractivity contribution in [1.29, 1.82) is 5.26 Å². The number of hydrogen-bond donors (Lipinski definition) is 0. The van der Waals surface area contributed by atoms with Crippen molar-refractivity contribution < 1.29 is 17.9 Å². The fourth-order valence-corrected chi connectivity index (χ4v) is 10.6. The Balaban J connectivity index is 1.33. The van der Waals surface area contributed by atoms with Gasteiger partial charge in [0.25, 0.3) is 10.0 Å². The molecule has 10 nitrogen and oxygen atoms in total. The van der Waals surface area contributed by atoms with E-state index in [2.05, 4.69) is 48.1 Å². The molecule has 11 heteroatoms. The van der Waals surface area contributed by atoms with Crippen LogP contribution in [-0.2, 0) is 51.0 Å². The van der Waals surface area contributed by atoms with E-state index in [1.807, 2.05) is 25.5 Å². The van der Waals surface area contributed by atoms with Gasteiger partial charge in [0.15, 0.2) is 5.65 Å². The zero-order chi connectivity index (χ0) is 34.5. The summed E-state index contributed by atoms with van der Waals surface area (Å²) in [6.45, 7) is 6.65. The average Bonchev–Trinajstić information content (AvgIpc) is 3.86. The van der Waals surface area contributed by atoms with Gasteiger partial charge in [-0.05, 0) is 80.8 Å². The van der Waals surface area contributed by atoms with Crippen LogP contribution in [0.4, 0.5) is 0 Å². The molecule has 2 fully saturated rings. The monoisotopic (exact) mass is 688 g/mol. The summed E-state index contributed by atoms with van der Waals surface area (Å²) >= 11 is 0. The number of likely N-dealkylation sites (tertiary alicyclic amines) is 1. The number of nitrogens with zero attached hydrogens (tertiary/aromatic N) is 6. The third-order valence-electron chi connectivity index (χ3n) is 11.8. The van der Waals surface area contributed by atoms with Crippen molar-refractivity contribution in [2.75, 3.05) is 13.1 Å². The van der Waals surface area contributed by atoms with Gasteiger partial charge in [-0.15, -0.1) is 0 Å². The van der Waals surface area contributed by atoms with Gasteiger partial charge in [-0.25, -0.2) is 17.4 Å². The largest absolute Gasteiger partial charge is 0.366 e. The molecule has 5 aromatic rings. The molecule has 256 valence electrons. The molecule has 0 radical (unpaired) electrons. The number of nitriles is 1. The van der Waals surface area contributed by atoms with E-state index in [0.717, 1.165) is 84.0 Å². The minimum Gasteiger partial charge on any atom is -0.366 e. The molecule has 50 heavy (non-hydrogen) atoms. The van der Waals surface area contributed by atoms with E-state index >= 15 is 0 Å². The molecule has 0 amide bonds. The van der Waals surface area contributed by atoms with Crippen molar-refractivity contribution in [1.82, 2.24) is 23.6 Å². The van der Waals surface area contributed by atoms with E-state index in [1.54, 1.807) is 35.1 Å². The fraction of sp³-hybridized carbons (Fsp3) is 0.410. The minimum atomic E-state index is -4.13. The number of fused-ring (bicyclic) bond motifs is 5. The fourth-order valence-electron chi connectivity index (χ4n) is 9.06. The Morgan fingerprint density at radius 3 is 2.38 bits per heavy atom. The highest BCUT2D eigenvalue weighted by molar-refractivity contribution is 7.90. The van der Waals surface area contributed by atoms with Gasteiger partial charge in [0.05, 0.1) is 53.7 Å². The van der Waals surface area contributed by atoms with Gasteiger partial charge in [0, 0.05) is 65.7 Å². The molecule has 1 saturated heterocycles. The summed E-state index contributed by atoms with van der Waals surface area (Å²) in [7, 11) is -2.29. The van der Waals surface area contributed by atoms with Gasteiger partial charge in [0.2, 0.25) is 0 Å². The maximum atomic E-state index is 14.9. The topological polar surface area (TPSA) is 115 Å². The molecule has 3 aliphatic heterocycles. The van der Waals surface area contributed by atoms with Crippen LogP contribution in [0.5, 0.6) is 0 Å². The Hall–Kier alpha value is -4.34. The number of hydrogen-bond acceptors (Lipinski definition) is 8. The first-order chi connectivity index (χ1) is 24.1. The first-order valence-corrected chi connectivity index (χ1v) is 18.9. The molecule has 0 unspecified atom stereocenters. The van der Waals surface area contributed by atoms with Crippen molar-refractivity contribution in [2.24, 2.45) is 7.05 Å². The molecule has 3 aromatic heterocycles. The van der Waals surface area contributed by atoms with Crippen LogP contribution in [-0.4, -0.2) is 50.7 Å². The molecule has 0 bridgehead atoms. The van der Waals surface area contributed by atoms with Crippen molar-refractivity contribution in [3.05, 3.63) is 89.4 Å². The van der Waals surface area contributed by atoms with E-state index in [4.69, 9.17) is 14.5 Å². The van der Waals surface area contributed by atoms with E-state index in [-0.39, 0.29) is 10.4 Å². The zero-order valence-corrected chi connectivity index (χ0v) is 29.5. The number of pyridine rings is 1. The van der Waals surface area contributed by atoms with E-state index in [9.17, 15) is 13.7 Å². The SMILES string of the molecule is Cn1cc(-c2c(-c3ccc4c(c3)COC4(C)C)c3c4c(cnc3n2S(=O)(=O)c2ccccc2)COC42CCN(C3(CC#N)CCC3)CC2)cn1. The predicted octanol–water partition coefficient (Wildman–Crippen LogP) is 6.76. The Labute approximate surface area is 292 Å². The summed E-state index contributed by atoms with van der Waals surface area (Å²) in [5.74, 6) is 0. The molecule has 1 aliphatic carbocycles. The second kappa shape index (κ2) is 11.1. The third-order valence-corrected chi connectivity index (χ3v) is 13.5. The highest BCUT2D eigenvalue weighted by Gasteiger charge is 2.51. The van der Waals surface area contributed by atoms with E-state index in [0.29, 0.717) is 36.5 Å². The molecule has 1 spiro atoms. The summed E-state index contributed by atoms with van der Waals surface area (Å²) in [6, 6.07) is 17.4. The van der Waals surface area contributed by atoms with Crippen LogP contribution in [0.2, 0.25) is 0 Å². The van der Waals surface area contributed by atoms with Gasteiger partial charge in [-0.1, -0.05) is 30.3 Å². The summed E-state index contributed by atoms with van der Waals surface area (Å²) < 4.78 is 46.0. The van der Waals surface area contributed by atoms with Crippen molar-refractivity contribution >= 4 is 21.1 Å². The molecule has 2 aromatic carbocycles. The number of aryl methyl sites for hydroxylation is 1. The highest BCUT2D eigenvalue weighted by Crippen LogP contribution is 2.54. The first kappa shape index (κ1) is 31.6. The lowest BCUT2D eigenvalue weighted by Gasteiger charge is -2.53. The molecule has 9 rings (SSSR count). The molecule has 6 heterocycles. The summed E-state index contributed by atoms with van der Waals surface area (Å²) in [6.07, 6.45) is 10.7. The van der Waals surface area contributed by atoms with Crippen LogP contribution in [0, 0.1) is 11.3 Å². The van der Waals surface area contributed by atoms with E-state index < -0.39 is 21.2 Å². The standard InChI is InChI=1S/C39H40N6O4S/c1-37(2)31-11-10-26(20-27(31)24-48-37)32-33-34-29(25-49-39(34)15-18-44(19-16-39)38(14-17-40)12-7-13-38)21-41-36(33)45(35(32)28-22-42-43(3)23-28)50(46,47)30-8-5-4-6-9-30/h4-6,8-11,20-23H,7,12-16,18-19,24-25H2,1-3H3. The minimum absolute atomic E-state index is 0.0443. The van der Waals surface area contributed by atoms with Crippen molar-refractivity contribution in [3.8, 4) is 28.5 Å². The lowest BCUT2D eigenvalue weighted by atomic mass is 9.71. The maximum Gasteiger partial charge on any atom is 0.269 e. The van der Waals surface area contributed by atoms with Crippen molar-refractivity contribution in [3.63, 3.8) is 0 Å². The number of piperidine rings is 1. The second-order valence-electron chi connectivity index (χ2n) is 14.9. The second-order valence-corrected chi connectivity index (χ2v) is 16.7.